The molecule has 0 saturated heterocycles. The molecule has 0 aliphatic carbocycles. The van der Waals surface area contributed by atoms with Crippen LogP contribution in [0, 0.1) is 0 Å². The van der Waals surface area contributed by atoms with Crippen LogP contribution in [-0.4, -0.2) is 17.0 Å². The van der Waals surface area contributed by atoms with Crippen LogP contribution < -0.4 is 10.1 Å². The Morgan fingerprint density at radius 2 is 1.52 bits per heavy atom. The molecule has 0 radical (unpaired) electrons. The number of carbonyl (C=O) groups is 1. The molecule has 0 aliphatic heterocycles. The molecule has 0 heterocycles. The summed E-state index contributed by atoms with van der Waals surface area (Å²) in [5.41, 5.74) is 1.80. The molecule has 0 atom stereocenters. The van der Waals surface area contributed by atoms with Crippen molar-refractivity contribution >= 4 is 11.7 Å². The predicted molar refractivity (Wildman–Crippen MR) is 109 cm³/mol. The molecule has 2 amide bonds. The minimum Gasteiger partial charge on any atom is -0.457 e. The second-order valence-electron chi connectivity index (χ2n) is 6.58. The van der Waals surface area contributed by atoms with E-state index in [-0.39, 0.29) is 12.1 Å². The van der Waals surface area contributed by atoms with Crippen LogP contribution in [0.4, 0.5) is 10.5 Å². The van der Waals surface area contributed by atoms with Crippen molar-refractivity contribution in [1.82, 2.24) is 4.90 Å². The molecule has 4 heteroatoms. The zero-order valence-corrected chi connectivity index (χ0v) is 15.6. The van der Waals surface area contributed by atoms with Crippen LogP contribution in [0.5, 0.6) is 11.5 Å². The molecular weight excluding hydrogens is 336 g/mol. The molecule has 0 aliphatic rings. The van der Waals surface area contributed by atoms with E-state index in [0.29, 0.717) is 6.54 Å². The lowest BCUT2D eigenvalue weighted by molar-refractivity contribution is 0.193. The highest BCUT2D eigenvalue weighted by Crippen LogP contribution is 2.23. The normalized spacial score (nSPS) is 10.5. The first-order valence-electron chi connectivity index (χ1n) is 9.06. The predicted octanol–water partition coefficient (Wildman–Crippen LogP) is 5.92. The number of urea groups is 1. The maximum absolute atomic E-state index is 12.7. The first kappa shape index (κ1) is 18.5. The van der Waals surface area contributed by atoms with E-state index in [1.165, 1.54) is 0 Å². The Morgan fingerprint density at radius 1 is 0.889 bits per heavy atom. The number of ether oxygens (including phenoxy) is 1. The molecule has 3 rings (SSSR count). The Labute approximate surface area is 160 Å². The van der Waals surface area contributed by atoms with Crippen molar-refractivity contribution in [1.29, 1.82) is 0 Å². The van der Waals surface area contributed by atoms with Crippen LogP contribution in [0.2, 0.25) is 0 Å². The highest BCUT2D eigenvalue weighted by atomic mass is 16.5. The minimum atomic E-state index is -0.120. The van der Waals surface area contributed by atoms with Crippen molar-refractivity contribution in [2.75, 3.05) is 5.32 Å². The summed E-state index contributed by atoms with van der Waals surface area (Å²) in [5, 5.41) is 2.95. The summed E-state index contributed by atoms with van der Waals surface area (Å²) in [4.78, 5) is 14.5. The Morgan fingerprint density at radius 3 is 2.19 bits per heavy atom. The molecule has 1 N–H and O–H groups in total. The molecule has 138 valence electrons. The van der Waals surface area contributed by atoms with Crippen molar-refractivity contribution in [3.63, 3.8) is 0 Å². The third-order valence-corrected chi connectivity index (χ3v) is 4.14. The number of nitrogens with one attached hydrogen (secondary N) is 1. The topological polar surface area (TPSA) is 41.6 Å². The number of carbonyl (C=O) groups excluding carboxylic acids is 1. The largest absolute Gasteiger partial charge is 0.457 e. The van der Waals surface area contributed by atoms with E-state index in [4.69, 9.17) is 4.74 Å². The number of hydrogen-bond acceptors (Lipinski definition) is 2. The molecule has 0 aromatic heterocycles. The van der Waals surface area contributed by atoms with E-state index >= 15 is 0 Å². The van der Waals surface area contributed by atoms with Crippen molar-refractivity contribution in [3.05, 3.63) is 90.5 Å². The monoisotopic (exact) mass is 360 g/mol. The third kappa shape index (κ3) is 5.35. The number of benzene rings is 3. The number of nitrogens with zero attached hydrogens (tertiary/aromatic N) is 1. The highest BCUT2D eigenvalue weighted by Gasteiger charge is 2.17. The van der Waals surface area contributed by atoms with Gasteiger partial charge in [0.15, 0.2) is 0 Å². The standard InChI is InChI=1S/C23H24N2O2/c1-18(2)25(23(26)24-20-11-5-3-6-12-20)17-19-10-9-15-22(16-19)27-21-13-7-4-8-14-21/h3-16,18H,17H2,1-2H3,(H,24,26). The Bertz CT molecular complexity index is 864. The van der Waals surface area contributed by atoms with Crippen molar-refractivity contribution in [2.45, 2.75) is 26.4 Å². The Hall–Kier alpha value is -3.27. The Kier molecular flexibility index (Phi) is 6.10. The summed E-state index contributed by atoms with van der Waals surface area (Å²) in [7, 11) is 0. The number of amides is 2. The summed E-state index contributed by atoms with van der Waals surface area (Å²) in [5.74, 6) is 1.54. The maximum atomic E-state index is 12.7. The second-order valence-corrected chi connectivity index (χ2v) is 6.58. The van der Waals surface area contributed by atoms with E-state index in [1.54, 1.807) is 4.90 Å². The molecule has 4 nitrogen and oxygen atoms in total. The molecule has 27 heavy (non-hydrogen) atoms. The molecule has 0 saturated carbocycles. The summed E-state index contributed by atoms with van der Waals surface area (Å²) in [6.07, 6.45) is 0. The SMILES string of the molecule is CC(C)N(Cc1cccc(Oc2ccccc2)c1)C(=O)Nc1ccccc1. The molecule has 0 fully saturated rings. The molecule has 3 aromatic rings. The van der Waals surface area contributed by atoms with Gasteiger partial charge in [-0.2, -0.15) is 0 Å². The zero-order chi connectivity index (χ0) is 19.1. The van der Waals surface area contributed by atoms with Gasteiger partial charge in [-0.05, 0) is 55.8 Å². The molecule has 3 aromatic carbocycles. The first-order valence-corrected chi connectivity index (χ1v) is 9.06. The van der Waals surface area contributed by atoms with Crippen LogP contribution in [0.25, 0.3) is 0 Å². The highest BCUT2D eigenvalue weighted by molar-refractivity contribution is 5.89. The van der Waals surface area contributed by atoms with E-state index < -0.39 is 0 Å². The van der Waals surface area contributed by atoms with E-state index in [0.717, 1.165) is 22.7 Å². The quantitative estimate of drug-likeness (QED) is 0.593. The van der Waals surface area contributed by atoms with Crippen molar-refractivity contribution < 1.29 is 9.53 Å². The van der Waals surface area contributed by atoms with Gasteiger partial charge in [-0.3, -0.25) is 0 Å². The van der Waals surface area contributed by atoms with Gasteiger partial charge in [-0.25, -0.2) is 4.79 Å². The zero-order valence-electron chi connectivity index (χ0n) is 15.6. The van der Waals surface area contributed by atoms with Gasteiger partial charge in [0.1, 0.15) is 11.5 Å². The third-order valence-electron chi connectivity index (χ3n) is 4.14. The summed E-state index contributed by atoms with van der Waals surface area (Å²) < 4.78 is 5.90. The van der Waals surface area contributed by atoms with Gasteiger partial charge < -0.3 is 15.0 Å². The van der Waals surface area contributed by atoms with Crippen molar-refractivity contribution in [2.24, 2.45) is 0 Å². The van der Waals surface area contributed by atoms with Gasteiger partial charge in [-0.15, -0.1) is 0 Å². The number of para-hydroxylation sites is 2. The van der Waals surface area contributed by atoms with Crippen LogP contribution in [0.1, 0.15) is 19.4 Å². The average molecular weight is 360 g/mol. The number of rotatable bonds is 6. The number of anilines is 1. The van der Waals surface area contributed by atoms with Gasteiger partial charge in [0.25, 0.3) is 0 Å². The Balaban J connectivity index is 1.71. The fraction of sp³-hybridized carbons (Fsp3) is 0.174. The van der Waals surface area contributed by atoms with Crippen LogP contribution in [0.15, 0.2) is 84.9 Å². The van der Waals surface area contributed by atoms with Gasteiger partial charge in [0, 0.05) is 18.3 Å². The lowest BCUT2D eigenvalue weighted by Gasteiger charge is -2.27. The molecule has 0 bridgehead atoms. The van der Waals surface area contributed by atoms with Crippen LogP contribution >= 0.6 is 0 Å². The fourth-order valence-electron chi connectivity index (χ4n) is 2.73. The van der Waals surface area contributed by atoms with E-state index in [2.05, 4.69) is 5.32 Å². The van der Waals surface area contributed by atoms with Gasteiger partial charge in [0.2, 0.25) is 0 Å². The average Bonchev–Trinajstić information content (AvgIpc) is 2.68. The molecule has 0 unspecified atom stereocenters. The summed E-state index contributed by atoms with van der Waals surface area (Å²) in [6.45, 7) is 4.52. The van der Waals surface area contributed by atoms with Gasteiger partial charge in [0.05, 0.1) is 0 Å². The fourth-order valence-corrected chi connectivity index (χ4v) is 2.73. The molecule has 0 spiro atoms. The number of hydrogen-bond donors (Lipinski definition) is 1. The van der Waals surface area contributed by atoms with Gasteiger partial charge >= 0.3 is 6.03 Å². The van der Waals surface area contributed by atoms with E-state index in [9.17, 15) is 4.79 Å². The van der Waals surface area contributed by atoms with Crippen molar-refractivity contribution in [3.8, 4) is 11.5 Å². The first-order chi connectivity index (χ1) is 13.1. The lowest BCUT2D eigenvalue weighted by Crippen LogP contribution is -2.39. The van der Waals surface area contributed by atoms with E-state index in [1.807, 2.05) is 98.8 Å². The minimum absolute atomic E-state index is 0.0624. The smallest absolute Gasteiger partial charge is 0.322 e. The summed E-state index contributed by atoms with van der Waals surface area (Å²) in [6, 6.07) is 26.9. The maximum Gasteiger partial charge on any atom is 0.322 e. The van der Waals surface area contributed by atoms with Crippen LogP contribution in [0.3, 0.4) is 0 Å². The van der Waals surface area contributed by atoms with Crippen LogP contribution in [-0.2, 0) is 6.54 Å². The second kappa shape index (κ2) is 8.90. The molecular formula is C23H24N2O2. The lowest BCUT2D eigenvalue weighted by atomic mass is 10.2. The van der Waals surface area contributed by atoms with Gasteiger partial charge in [-0.1, -0.05) is 48.5 Å². The summed E-state index contributed by atoms with van der Waals surface area (Å²) >= 11 is 0.